The summed E-state index contributed by atoms with van der Waals surface area (Å²) < 4.78 is 30.1. The van der Waals surface area contributed by atoms with E-state index in [0.717, 1.165) is 4.90 Å². The van der Waals surface area contributed by atoms with Crippen LogP contribution in [0.4, 0.5) is 8.78 Å². The van der Waals surface area contributed by atoms with Crippen molar-refractivity contribution >= 4 is 45.9 Å². The van der Waals surface area contributed by atoms with Gasteiger partial charge in [0.15, 0.2) is 5.78 Å². The molecule has 0 bridgehead atoms. The molecule has 1 aliphatic rings. The van der Waals surface area contributed by atoms with Crippen molar-refractivity contribution in [2.24, 2.45) is 10.7 Å². The maximum absolute atomic E-state index is 14.4. The number of nitrogens with two attached hydrogens (primary N) is 1. The van der Waals surface area contributed by atoms with Crippen molar-refractivity contribution in [1.82, 2.24) is 14.8 Å². The van der Waals surface area contributed by atoms with Crippen molar-refractivity contribution < 1.29 is 23.2 Å². The van der Waals surface area contributed by atoms with Crippen LogP contribution in [0.1, 0.15) is 34.8 Å². The molecule has 2 heterocycles. The van der Waals surface area contributed by atoms with Crippen LogP contribution in [0.25, 0.3) is 10.9 Å². The van der Waals surface area contributed by atoms with Gasteiger partial charge in [0, 0.05) is 46.8 Å². The first kappa shape index (κ1) is 26.8. The van der Waals surface area contributed by atoms with Gasteiger partial charge in [-0.25, -0.2) is 8.78 Å². The number of aromatic nitrogens is 1. The van der Waals surface area contributed by atoms with E-state index in [1.54, 1.807) is 24.4 Å². The highest BCUT2D eigenvalue weighted by Gasteiger charge is 2.39. The Labute approximate surface area is 221 Å². The van der Waals surface area contributed by atoms with Gasteiger partial charge in [-0.05, 0) is 19.1 Å². The first-order chi connectivity index (χ1) is 18.1. The maximum atomic E-state index is 14.4. The third-order valence-corrected chi connectivity index (χ3v) is 6.68. The van der Waals surface area contributed by atoms with E-state index >= 15 is 0 Å². The van der Waals surface area contributed by atoms with Gasteiger partial charge >= 0.3 is 0 Å². The number of halogens is 3. The average Bonchev–Trinajstić information content (AvgIpc) is 3.45. The van der Waals surface area contributed by atoms with E-state index in [4.69, 9.17) is 22.6 Å². The van der Waals surface area contributed by atoms with Crippen LogP contribution >= 0.6 is 11.6 Å². The van der Waals surface area contributed by atoms with Gasteiger partial charge in [0.05, 0.1) is 11.6 Å². The highest BCUT2D eigenvalue weighted by atomic mass is 35.5. The number of benzene rings is 2. The summed E-state index contributed by atoms with van der Waals surface area (Å²) in [6.45, 7) is 0.632. The van der Waals surface area contributed by atoms with Gasteiger partial charge < -0.3 is 20.5 Å². The van der Waals surface area contributed by atoms with Gasteiger partial charge in [-0.3, -0.25) is 14.4 Å². The van der Waals surface area contributed by atoms with E-state index < -0.39 is 29.8 Å². The minimum Gasteiger partial charge on any atom is -0.383 e. The molecule has 0 saturated carbocycles. The monoisotopic (exact) mass is 540 g/mol. The topological polar surface area (TPSA) is 134 Å². The summed E-state index contributed by atoms with van der Waals surface area (Å²) in [5.41, 5.74) is 7.23. The first-order valence-corrected chi connectivity index (χ1v) is 12.0. The third kappa shape index (κ3) is 5.35. The first-order valence-electron chi connectivity index (χ1n) is 11.6. The van der Waals surface area contributed by atoms with Gasteiger partial charge in [0.25, 0.3) is 0 Å². The van der Waals surface area contributed by atoms with E-state index in [1.165, 1.54) is 35.9 Å². The summed E-state index contributed by atoms with van der Waals surface area (Å²) in [5, 5.41) is 11.8. The second-order valence-corrected chi connectivity index (χ2v) is 9.29. The molecule has 4 rings (SSSR count). The molecule has 2 amide bonds. The van der Waals surface area contributed by atoms with Crippen molar-refractivity contribution in [1.29, 1.82) is 5.26 Å². The Morgan fingerprint density at radius 1 is 1.29 bits per heavy atom. The zero-order chi connectivity index (χ0) is 27.6. The molecule has 0 spiro atoms. The van der Waals surface area contributed by atoms with Crippen LogP contribution in [0.15, 0.2) is 47.6 Å². The zero-order valence-electron chi connectivity index (χ0n) is 20.2. The van der Waals surface area contributed by atoms with E-state index in [9.17, 15) is 23.2 Å². The smallest absolute Gasteiger partial charge is 0.243 e. The van der Waals surface area contributed by atoms with Crippen LogP contribution < -0.4 is 11.1 Å². The molecular weight excluding hydrogens is 518 g/mol. The number of rotatable bonds is 7. The minimum atomic E-state index is -1.42. The summed E-state index contributed by atoms with van der Waals surface area (Å²) in [6, 6.07) is 8.12. The van der Waals surface area contributed by atoms with E-state index in [-0.39, 0.29) is 48.3 Å². The Morgan fingerprint density at radius 2 is 2.05 bits per heavy atom. The van der Waals surface area contributed by atoms with Gasteiger partial charge in [-0.15, -0.1) is 0 Å². The molecule has 3 N–H and O–H groups in total. The van der Waals surface area contributed by atoms with E-state index in [1.807, 2.05) is 0 Å². The van der Waals surface area contributed by atoms with Crippen molar-refractivity contribution in [3.05, 3.63) is 70.1 Å². The van der Waals surface area contributed by atoms with Crippen LogP contribution in [-0.4, -0.2) is 51.7 Å². The fourth-order valence-electron chi connectivity index (χ4n) is 4.51. The summed E-state index contributed by atoms with van der Waals surface area (Å²) in [5.74, 6) is -2.11. The Balaban J connectivity index is 1.57. The average molecular weight is 541 g/mol. The molecule has 12 heteroatoms. The summed E-state index contributed by atoms with van der Waals surface area (Å²) in [7, 11) is 0. The van der Waals surface area contributed by atoms with Crippen LogP contribution in [0.3, 0.4) is 0 Å². The van der Waals surface area contributed by atoms with Gasteiger partial charge in [0.1, 0.15) is 30.4 Å². The lowest BCUT2D eigenvalue weighted by molar-refractivity contribution is -0.139. The number of aliphatic imine (C=N–C) groups is 1. The Bertz CT molecular complexity index is 1510. The molecule has 0 unspecified atom stereocenters. The van der Waals surface area contributed by atoms with Gasteiger partial charge in [0.2, 0.25) is 18.0 Å². The molecule has 196 valence electrons. The molecule has 0 radical (unpaired) electrons. The molecule has 9 nitrogen and oxygen atoms in total. The second-order valence-electron chi connectivity index (χ2n) is 8.88. The summed E-state index contributed by atoms with van der Waals surface area (Å²) in [6.07, 6.45) is 1.50. The normalized spacial score (nSPS) is 17.4. The number of amides is 2. The fourth-order valence-corrected chi connectivity index (χ4v) is 4.71. The summed E-state index contributed by atoms with van der Waals surface area (Å²) in [4.78, 5) is 43.1. The number of hydrogen-bond donors (Lipinski definition) is 2. The fraction of sp³-hybridized carbons (Fsp3) is 0.269. The van der Waals surface area contributed by atoms with Gasteiger partial charge in [-0.1, -0.05) is 35.9 Å². The highest BCUT2D eigenvalue weighted by molar-refractivity contribution is 6.30. The molecule has 1 saturated heterocycles. The summed E-state index contributed by atoms with van der Waals surface area (Å²) >= 11 is 5.78. The number of hydrogen-bond acceptors (Lipinski definition) is 5. The number of nitriles is 1. The number of amidine groups is 1. The van der Waals surface area contributed by atoms with E-state index in [0.29, 0.717) is 22.0 Å². The SMILES string of the molecule is CC(=O)c1cn(CC(=O)N2C[C@H](F)C[C@H]2C(=O)NCc2cccc(Cl)c2F)c2cc(/C(N)=N/C#N)ccc12. The van der Waals surface area contributed by atoms with Crippen LogP contribution in [0.2, 0.25) is 5.02 Å². The molecule has 1 aromatic heterocycles. The number of nitrogens with zero attached hydrogens (tertiary/aromatic N) is 4. The zero-order valence-corrected chi connectivity index (χ0v) is 21.0. The number of likely N-dealkylation sites (tertiary alicyclic amines) is 1. The molecule has 0 aliphatic carbocycles. The number of carbonyl (C=O) groups is 3. The number of carbonyl (C=O) groups excluding carboxylic acids is 3. The molecule has 2 aromatic carbocycles. The lowest BCUT2D eigenvalue weighted by Gasteiger charge is -2.24. The van der Waals surface area contributed by atoms with Crippen LogP contribution in [0.5, 0.6) is 0 Å². The Kier molecular flexibility index (Phi) is 7.73. The minimum absolute atomic E-state index is 0.0365. The van der Waals surface area contributed by atoms with E-state index in [2.05, 4.69) is 10.3 Å². The molecule has 1 aliphatic heterocycles. The predicted octanol–water partition coefficient (Wildman–Crippen LogP) is 3.08. The Morgan fingerprint density at radius 3 is 2.76 bits per heavy atom. The molecule has 2 atom stereocenters. The molecule has 3 aromatic rings. The van der Waals surface area contributed by atoms with Crippen molar-refractivity contribution in [2.75, 3.05) is 6.54 Å². The largest absolute Gasteiger partial charge is 0.383 e. The van der Waals surface area contributed by atoms with Crippen LogP contribution in [0, 0.1) is 17.3 Å². The number of alkyl halides is 1. The van der Waals surface area contributed by atoms with Gasteiger partial charge in [-0.2, -0.15) is 10.3 Å². The molecular formula is C26H23ClF2N6O3. The van der Waals surface area contributed by atoms with Crippen molar-refractivity contribution in [2.45, 2.75) is 38.6 Å². The standard InChI is InChI=1S/C26H23ClF2N6O3/c1-14(36)19-11-34(21-7-15(5-6-18(19)21)25(31)33-13-30)12-23(37)35-10-17(28)8-22(35)26(38)32-9-16-3-2-4-20(27)24(16)29/h2-7,11,17,22H,8-10,12H2,1H3,(H2,31,33)(H,32,38)/t17-,22+/m1/s1. The number of ketones is 1. The quantitative estimate of drug-likeness (QED) is 0.206. The second kappa shape index (κ2) is 11.0. The van der Waals surface area contributed by atoms with Crippen molar-refractivity contribution in [3.63, 3.8) is 0 Å². The molecule has 1 fully saturated rings. The number of fused-ring (bicyclic) bond motifs is 1. The number of Topliss-reactive ketones (excluding diaryl/α,β-unsaturated/α-hetero) is 1. The third-order valence-electron chi connectivity index (χ3n) is 6.39. The Hall–Kier alpha value is -4.30. The van der Waals surface area contributed by atoms with Crippen molar-refractivity contribution in [3.8, 4) is 6.19 Å². The lowest BCUT2D eigenvalue weighted by atomic mass is 10.1. The number of nitrogens with one attached hydrogen (secondary N) is 1. The predicted molar refractivity (Wildman–Crippen MR) is 137 cm³/mol. The van der Waals surface area contributed by atoms with Crippen LogP contribution in [-0.2, 0) is 22.7 Å². The molecule has 38 heavy (non-hydrogen) atoms. The highest BCUT2D eigenvalue weighted by Crippen LogP contribution is 2.26. The lowest BCUT2D eigenvalue weighted by Crippen LogP contribution is -2.46. The maximum Gasteiger partial charge on any atom is 0.243 e.